The van der Waals surface area contributed by atoms with E-state index in [2.05, 4.69) is 16.1 Å². The second kappa shape index (κ2) is 7.75. The Labute approximate surface area is 186 Å². The Bertz CT molecular complexity index is 1380. The lowest BCUT2D eigenvalue weighted by molar-refractivity contribution is 0.342. The first-order valence-electron chi connectivity index (χ1n) is 10.5. The molecule has 1 fully saturated rings. The summed E-state index contributed by atoms with van der Waals surface area (Å²) in [5.41, 5.74) is 2.75. The van der Waals surface area contributed by atoms with Crippen LogP contribution in [0.25, 0.3) is 16.6 Å². The van der Waals surface area contributed by atoms with Crippen LogP contribution >= 0.6 is 0 Å². The summed E-state index contributed by atoms with van der Waals surface area (Å²) in [7, 11) is -1.69. The predicted molar refractivity (Wildman–Crippen MR) is 122 cm³/mol. The van der Waals surface area contributed by atoms with E-state index in [1.165, 1.54) is 12.1 Å². The molecule has 166 valence electrons. The maximum Gasteiger partial charge on any atom is 0.244 e. The summed E-state index contributed by atoms with van der Waals surface area (Å²) in [5.74, 6) is -0.282. The topological polar surface area (TPSA) is 63.4 Å². The van der Waals surface area contributed by atoms with Gasteiger partial charge in [-0.2, -0.15) is 9.40 Å². The smallest absolute Gasteiger partial charge is 0.244 e. The van der Waals surface area contributed by atoms with Crippen molar-refractivity contribution in [2.75, 3.05) is 24.5 Å². The van der Waals surface area contributed by atoms with Gasteiger partial charge in [-0.15, -0.1) is 0 Å². The van der Waals surface area contributed by atoms with Crippen molar-refractivity contribution in [3.8, 4) is 5.69 Å². The fraction of sp³-hybridized carbons (Fsp3) is 0.261. The second-order valence-electron chi connectivity index (χ2n) is 8.19. The number of aromatic nitrogens is 3. The van der Waals surface area contributed by atoms with E-state index in [1.807, 2.05) is 26.1 Å². The van der Waals surface area contributed by atoms with E-state index in [0.717, 1.165) is 22.3 Å². The van der Waals surface area contributed by atoms with Crippen molar-refractivity contribution >= 4 is 26.6 Å². The largest absolute Gasteiger partial charge is 0.366 e. The van der Waals surface area contributed by atoms with E-state index in [1.54, 1.807) is 50.3 Å². The van der Waals surface area contributed by atoms with Crippen molar-refractivity contribution in [2.45, 2.75) is 17.9 Å². The summed E-state index contributed by atoms with van der Waals surface area (Å²) < 4.78 is 44.3. The molecule has 9 heteroatoms. The average molecular weight is 454 g/mol. The molecule has 2 aromatic heterocycles. The number of fused-ring (bicyclic) bond motifs is 1. The molecular formula is C23H24FN5O2S. The summed E-state index contributed by atoms with van der Waals surface area (Å²) in [4.78, 5) is 2.56. The van der Waals surface area contributed by atoms with Crippen LogP contribution in [0.1, 0.15) is 6.92 Å². The van der Waals surface area contributed by atoms with Gasteiger partial charge >= 0.3 is 0 Å². The van der Waals surface area contributed by atoms with Crippen LogP contribution in [0, 0.1) is 5.82 Å². The first-order valence-corrected chi connectivity index (χ1v) is 11.9. The number of aryl methyl sites for hydroxylation is 1. The minimum Gasteiger partial charge on any atom is -0.366 e. The lowest BCUT2D eigenvalue weighted by Crippen LogP contribution is -2.53. The number of rotatable bonds is 4. The fourth-order valence-corrected chi connectivity index (χ4v) is 5.86. The van der Waals surface area contributed by atoms with Gasteiger partial charge < -0.3 is 9.47 Å². The van der Waals surface area contributed by atoms with E-state index >= 15 is 0 Å². The van der Waals surface area contributed by atoms with Crippen LogP contribution in [-0.2, 0) is 17.1 Å². The summed E-state index contributed by atoms with van der Waals surface area (Å²) in [5, 5.41) is 5.44. The van der Waals surface area contributed by atoms with Crippen LogP contribution in [0.2, 0.25) is 0 Å². The van der Waals surface area contributed by atoms with E-state index in [4.69, 9.17) is 0 Å². The molecule has 4 aromatic rings. The quantitative estimate of drug-likeness (QED) is 0.475. The number of sulfonamides is 1. The molecule has 7 nitrogen and oxygen atoms in total. The molecule has 3 heterocycles. The molecule has 0 radical (unpaired) electrons. The van der Waals surface area contributed by atoms with Crippen LogP contribution < -0.4 is 4.90 Å². The Morgan fingerprint density at radius 2 is 1.78 bits per heavy atom. The monoisotopic (exact) mass is 453 g/mol. The molecule has 0 aliphatic carbocycles. The highest BCUT2D eigenvalue weighted by atomic mass is 32.2. The number of halogens is 1. The maximum absolute atomic E-state index is 13.3. The molecule has 0 amide bonds. The van der Waals surface area contributed by atoms with Gasteiger partial charge in [0.2, 0.25) is 10.0 Å². The zero-order valence-electron chi connectivity index (χ0n) is 17.9. The van der Waals surface area contributed by atoms with Crippen molar-refractivity contribution in [3.05, 3.63) is 72.9 Å². The lowest BCUT2D eigenvalue weighted by atomic mass is 10.1. The molecule has 1 atom stereocenters. The van der Waals surface area contributed by atoms with Gasteiger partial charge in [0.1, 0.15) is 5.82 Å². The minimum absolute atomic E-state index is 0.0202. The van der Waals surface area contributed by atoms with Crippen molar-refractivity contribution in [1.82, 2.24) is 18.7 Å². The number of hydrogen-bond donors (Lipinski definition) is 0. The summed E-state index contributed by atoms with van der Waals surface area (Å²) >= 11 is 0. The van der Waals surface area contributed by atoms with Crippen molar-refractivity contribution in [1.29, 1.82) is 0 Å². The molecule has 1 aliphatic rings. The Morgan fingerprint density at radius 1 is 1.03 bits per heavy atom. The Morgan fingerprint density at radius 3 is 2.47 bits per heavy atom. The Hall–Kier alpha value is -3.17. The molecule has 1 saturated heterocycles. The third-order valence-corrected chi connectivity index (χ3v) is 7.84. The number of anilines is 1. The van der Waals surface area contributed by atoms with Gasteiger partial charge in [-0.25, -0.2) is 17.5 Å². The number of piperazine rings is 1. The summed E-state index contributed by atoms with van der Waals surface area (Å²) in [6.07, 6.45) is 5.18. The van der Waals surface area contributed by atoms with Gasteiger partial charge in [0.15, 0.2) is 0 Å². The van der Waals surface area contributed by atoms with E-state index < -0.39 is 10.0 Å². The molecule has 32 heavy (non-hydrogen) atoms. The molecule has 2 aromatic carbocycles. The maximum atomic E-state index is 13.3. The van der Waals surface area contributed by atoms with Gasteiger partial charge in [-0.05, 0) is 55.5 Å². The van der Waals surface area contributed by atoms with Crippen molar-refractivity contribution < 1.29 is 12.8 Å². The minimum atomic E-state index is -3.50. The number of hydrogen-bond acceptors (Lipinski definition) is 4. The van der Waals surface area contributed by atoms with Gasteiger partial charge in [0.05, 0.1) is 22.3 Å². The number of benzene rings is 2. The van der Waals surface area contributed by atoms with Crippen molar-refractivity contribution in [2.24, 2.45) is 7.05 Å². The van der Waals surface area contributed by atoms with E-state index in [-0.39, 0.29) is 11.9 Å². The van der Waals surface area contributed by atoms with E-state index in [0.29, 0.717) is 24.5 Å². The average Bonchev–Trinajstić information content (AvgIpc) is 3.40. The summed E-state index contributed by atoms with van der Waals surface area (Å²) in [6, 6.07) is 14.0. The molecule has 0 spiro atoms. The first-order chi connectivity index (χ1) is 15.3. The molecule has 0 saturated carbocycles. The van der Waals surface area contributed by atoms with Crippen LogP contribution in [0.3, 0.4) is 0 Å². The van der Waals surface area contributed by atoms with Gasteiger partial charge in [-0.3, -0.25) is 0 Å². The standard InChI is InChI=1S/C23H24FN5O2S/c1-17-15-27(32(30,31)22-9-10-26(2)16-22)11-12-28(17)21-7-8-23-18(13-21)14-25-29(23)20-5-3-19(24)4-6-20/h3-10,13-14,16-17H,11-12,15H2,1-2H3/t17-/m1/s1. The van der Waals surface area contributed by atoms with Crippen LogP contribution in [0.4, 0.5) is 10.1 Å². The highest BCUT2D eigenvalue weighted by Crippen LogP contribution is 2.28. The first kappa shape index (κ1) is 20.7. The molecule has 0 unspecified atom stereocenters. The Balaban J connectivity index is 1.38. The fourth-order valence-electron chi connectivity index (χ4n) is 4.29. The van der Waals surface area contributed by atoms with Crippen LogP contribution in [0.15, 0.2) is 72.0 Å². The molecule has 1 aliphatic heterocycles. The SMILES string of the molecule is C[C@@H]1CN(S(=O)(=O)c2ccn(C)c2)CCN1c1ccc2c(cnn2-c2ccc(F)cc2)c1. The van der Waals surface area contributed by atoms with Gasteiger partial charge in [0.25, 0.3) is 0 Å². The lowest BCUT2D eigenvalue weighted by Gasteiger charge is -2.40. The zero-order chi connectivity index (χ0) is 22.5. The highest BCUT2D eigenvalue weighted by Gasteiger charge is 2.32. The van der Waals surface area contributed by atoms with Crippen molar-refractivity contribution in [3.63, 3.8) is 0 Å². The van der Waals surface area contributed by atoms with Crippen LogP contribution in [0.5, 0.6) is 0 Å². The third kappa shape index (κ3) is 3.57. The van der Waals surface area contributed by atoms with Crippen LogP contribution in [-0.4, -0.2) is 52.7 Å². The normalized spacial score (nSPS) is 17.8. The van der Waals surface area contributed by atoms with E-state index in [9.17, 15) is 12.8 Å². The third-order valence-electron chi connectivity index (χ3n) is 5.99. The zero-order valence-corrected chi connectivity index (χ0v) is 18.7. The molecule has 5 rings (SSSR count). The highest BCUT2D eigenvalue weighted by molar-refractivity contribution is 7.89. The second-order valence-corrected chi connectivity index (χ2v) is 10.1. The number of nitrogens with zero attached hydrogens (tertiary/aromatic N) is 5. The predicted octanol–water partition coefficient (Wildman–Crippen LogP) is 3.40. The van der Waals surface area contributed by atoms with Gasteiger partial charge in [-0.1, -0.05) is 0 Å². The molecular weight excluding hydrogens is 429 g/mol. The molecule has 0 bridgehead atoms. The summed E-state index contributed by atoms with van der Waals surface area (Å²) in [6.45, 7) is 3.49. The molecule has 0 N–H and O–H groups in total. The van der Waals surface area contributed by atoms with Gasteiger partial charge in [0, 0.05) is 56.2 Å². The Kier molecular flexibility index (Phi) is 5.02.